The highest BCUT2D eigenvalue weighted by Crippen LogP contribution is 2.31. The fourth-order valence-corrected chi connectivity index (χ4v) is 2.31. The number of benzene rings is 1. The number of nitro benzene ring substituents is 1. The van der Waals surface area contributed by atoms with Gasteiger partial charge in [0.1, 0.15) is 0 Å². The van der Waals surface area contributed by atoms with Crippen LogP contribution in [0.5, 0.6) is 0 Å². The quantitative estimate of drug-likeness (QED) is 0.614. The molecule has 8 heteroatoms. The topological polar surface area (TPSA) is 116 Å². The lowest BCUT2D eigenvalue weighted by molar-refractivity contribution is -0.384. The normalized spacial score (nSPS) is 15.2. The van der Waals surface area contributed by atoms with Crippen molar-refractivity contribution in [3.63, 3.8) is 0 Å². The molecule has 1 saturated carbocycles. The van der Waals surface area contributed by atoms with Gasteiger partial charge in [-0.2, -0.15) is 5.10 Å². The molecule has 0 aliphatic heterocycles. The number of amides is 1. The second kappa shape index (κ2) is 6.17. The molecule has 3 rings (SSSR count). The minimum absolute atomic E-state index is 0.00397. The Morgan fingerprint density at radius 1 is 1.39 bits per heavy atom. The highest BCUT2D eigenvalue weighted by molar-refractivity contribution is 5.92. The van der Waals surface area contributed by atoms with Gasteiger partial charge in [0, 0.05) is 30.9 Å². The number of non-ortho nitro benzene ring substituents is 1. The smallest absolute Gasteiger partial charge is 0.271 e. The molecule has 0 spiro atoms. The Hall–Kier alpha value is -2.74. The van der Waals surface area contributed by atoms with E-state index in [2.05, 4.69) is 10.4 Å². The molecule has 3 N–H and O–H groups in total. The summed E-state index contributed by atoms with van der Waals surface area (Å²) in [5, 5.41) is 17.6. The number of nitro groups is 1. The van der Waals surface area contributed by atoms with E-state index < -0.39 is 4.92 Å². The number of hydrogen-bond donors (Lipinski definition) is 2. The maximum absolute atomic E-state index is 12.0. The van der Waals surface area contributed by atoms with Crippen LogP contribution in [0.15, 0.2) is 36.5 Å². The first-order valence-electron chi connectivity index (χ1n) is 7.39. The number of hydrogen-bond acceptors (Lipinski definition) is 5. The highest BCUT2D eigenvalue weighted by Gasteiger charge is 2.28. The highest BCUT2D eigenvalue weighted by atomic mass is 16.6. The Morgan fingerprint density at radius 3 is 2.70 bits per heavy atom. The average molecular weight is 315 g/mol. The SMILES string of the molecule is NC(CNC(=O)c1ccn(-c2ccc([N+](=O)[O-])cc2)n1)C1CC1. The van der Waals surface area contributed by atoms with Crippen LogP contribution in [0.1, 0.15) is 23.3 Å². The van der Waals surface area contributed by atoms with E-state index >= 15 is 0 Å². The number of carbonyl (C=O) groups is 1. The van der Waals surface area contributed by atoms with Crippen molar-refractivity contribution in [2.24, 2.45) is 11.7 Å². The number of nitrogens with one attached hydrogen (secondary N) is 1. The van der Waals surface area contributed by atoms with Crippen molar-refractivity contribution >= 4 is 11.6 Å². The van der Waals surface area contributed by atoms with E-state index in [-0.39, 0.29) is 23.3 Å². The third-order valence-electron chi connectivity index (χ3n) is 3.87. The van der Waals surface area contributed by atoms with Gasteiger partial charge in [0.25, 0.3) is 11.6 Å². The van der Waals surface area contributed by atoms with Crippen LogP contribution < -0.4 is 11.1 Å². The van der Waals surface area contributed by atoms with Crippen molar-refractivity contribution in [1.82, 2.24) is 15.1 Å². The van der Waals surface area contributed by atoms with Gasteiger partial charge in [0.05, 0.1) is 10.6 Å². The molecule has 1 aromatic carbocycles. The van der Waals surface area contributed by atoms with Gasteiger partial charge in [-0.1, -0.05) is 0 Å². The van der Waals surface area contributed by atoms with Gasteiger partial charge in [0.15, 0.2) is 5.69 Å². The zero-order chi connectivity index (χ0) is 16.4. The summed E-state index contributed by atoms with van der Waals surface area (Å²) < 4.78 is 1.50. The van der Waals surface area contributed by atoms with E-state index in [0.29, 0.717) is 18.2 Å². The number of nitrogens with zero attached hydrogens (tertiary/aromatic N) is 3. The minimum atomic E-state index is -0.463. The summed E-state index contributed by atoms with van der Waals surface area (Å²) in [5.41, 5.74) is 6.88. The number of nitrogens with two attached hydrogens (primary N) is 1. The first kappa shape index (κ1) is 15.2. The summed E-state index contributed by atoms with van der Waals surface area (Å²) >= 11 is 0. The van der Waals surface area contributed by atoms with Crippen LogP contribution in [0.4, 0.5) is 5.69 Å². The van der Waals surface area contributed by atoms with Crippen molar-refractivity contribution < 1.29 is 9.72 Å². The molecule has 1 amide bonds. The Kier molecular flexibility index (Phi) is 4.07. The molecule has 0 radical (unpaired) electrons. The zero-order valence-corrected chi connectivity index (χ0v) is 12.4. The van der Waals surface area contributed by atoms with Crippen molar-refractivity contribution in [1.29, 1.82) is 0 Å². The van der Waals surface area contributed by atoms with Gasteiger partial charge in [-0.25, -0.2) is 4.68 Å². The van der Waals surface area contributed by atoms with Crippen LogP contribution in [0.25, 0.3) is 5.69 Å². The Bertz CT molecular complexity index is 721. The first-order valence-corrected chi connectivity index (χ1v) is 7.39. The Balaban J connectivity index is 1.64. The summed E-state index contributed by atoms with van der Waals surface area (Å²) in [6, 6.07) is 7.54. The van der Waals surface area contributed by atoms with Gasteiger partial charge < -0.3 is 11.1 Å². The number of rotatable bonds is 6. The molecule has 120 valence electrons. The van der Waals surface area contributed by atoms with Crippen LogP contribution >= 0.6 is 0 Å². The predicted molar refractivity (Wildman–Crippen MR) is 83.3 cm³/mol. The van der Waals surface area contributed by atoms with Crippen LogP contribution in [-0.2, 0) is 0 Å². The lowest BCUT2D eigenvalue weighted by Gasteiger charge is -2.10. The fourth-order valence-electron chi connectivity index (χ4n) is 2.31. The molecule has 1 aliphatic carbocycles. The lowest BCUT2D eigenvalue weighted by atomic mass is 10.2. The summed E-state index contributed by atoms with van der Waals surface area (Å²) in [4.78, 5) is 22.2. The summed E-state index contributed by atoms with van der Waals surface area (Å²) in [7, 11) is 0. The number of carbonyl (C=O) groups excluding carboxylic acids is 1. The minimum Gasteiger partial charge on any atom is -0.349 e. The molecule has 1 fully saturated rings. The van der Waals surface area contributed by atoms with Crippen molar-refractivity contribution in [3.05, 3.63) is 52.3 Å². The van der Waals surface area contributed by atoms with Crippen LogP contribution in [0, 0.1) is 16.0 Å². The lowest BCUT2D eigenvalue weighted by Crippen LogP contribution is -2.38. The van der Waals surface area contributed by atoms with Gasteiger partial charge in [0.2, 0.25) is 0 Å². The van der Waals surface area contributed by atoms with Gasteiger partial charge in [-0.05, 0) is 37.0 Å². The van der Waals surface area contributed by atoms with Crippen LogP contribution in [0.2, 0.25) is 0 Å². The number of aromatic nitrogens is 2. The van der Waals surface area contributed by atoms with E-state index in [9.17, 15) is 14.9 Å². The third kappa shape index (κ3) is 3.54. The van der Waals surface area contributed by atoms with Gasteiger partial charge in [-0.3, -0.25) is 14.9 Å². The molecule has 1 aromatic heterocycles. The van der Waals surface area contributed by atoms with Crippen LogP contribution in [0.3, 0.4) is 0 Å². The van der Waals surface area contributed by atoms with Gasteiger partial charge >= 0.3 is 0 Å². The van der Waals surface area contributed by atoms with Gasteiger partial charge in [-0.15, -0.1) is 0 Å². The summed E-state index contributed by atoms with van der Waals surface area (Å²) in [6.45, 7) is 0.438. The molecule has 2 aromatic rings. The van der Waals surface area contributed by atoms with E-state index in [4.69, 9.17) is 5.73 Å². The molecule has 1 unspecified atom stereocenters. The van der Waals surface area contributed by atoms with Crippen molar-refractivity contribution in [2.45, 2.75) is 18.9 Å². The van der Waals surface area contributed by atoms with Crippen molar-refractivity contribution in [2.75, 3.05) is 6.54 Å². The molecular weight excluding hydrogens is 298 g/mol. The first-order chi connectivity index (χ1) is 11.0. The standard InChI is InChI=1S/C15H17N5O3/c16-13(10-1-2-10)9-17-15(21)14-7-8-19(18-14)11-3-5-12(6-4-11)20(22)23/h3-8,10,13H,1-2,9,16H2,(H,17,21). The Labute approximate surface area is 132 Å². The molecule has 1 aliphatic rings. The molecular formula is C15H17N5O3. The molecule has 8 nitrogen and oxygen atoms in total. The van der Waals surface area contributed by atoms with E-state index in [1.54, 1.807) is 24.4 Å². The van der Waals surface area contributed by atoms with E-state index in [1.807, 2.05) is 0 Å². The van der Waals surface area contributed by atoms with E-state index in [0.717, 1.165) is 12.8 Å². The molecule has 0 saturated heterocycles. The maximum atomic E-state index is 12.0. The third-order valence-corrected chi connectivity index (χ3v) is 3.87. The zero-order valence-electron chi connectivity index (χ0n) is 12.4. The maximum Gasteiger partial charge on any atom is 0.271 e. The molecule has 1 atom stereocenters. The predicted octanol–water partition coefficient (Wildman–Crippen LogP) is 1.25. The monoisotopic (exact) mass is 315 g/mol. The Morgan fingerprint density at radius 2 is 2.09 bits per heavy atom. The van der Waals surface area contributed by atoms with Crippen molar-refractivity contribution in [3.8, 4) is 5.69 Å². The second-order valence-corrected chi connectivity index (χ2v) is 5.63. The largest absolute Gasteiger partial charge is 0.349 e. The molecule has 1 heterocycles. The second-order valence-electron chi connectivity index (χ2n) is 5.63. The summed E-state index contributed by atoms with van der Waals surface area (Å²) in [5.74, 6) is 0.245. The fraction of sp³-hybridized carbons (Fsp3) is 0.333. The van der Waals surface area contributed by atoms with Crippen LogP contribution in [-0.4, -0.2) is 33.2 Å². The molecule has 23 heavy (non-hydrogen) atoms. The summed E-state index contributed by atoms with van der Waals surface area (Å²) in [6.07, 6.45) is 3.90. The van der Waals surface area contributed by atoms with E-state index in [1.165, 1.54) is 16.8 Å². The molecule has 0 bridgehead atoms. The average Bonchev–Trinajstić information content (AvgIpc) is 3.29.